The number of hydrogen-bond donors (Lipinski definition) is 7. The van der Waals surface area contributed by atoms with E-state index in [-0.39, 0.29) is 25.3 Å². The molecule has 2 aromatic carbocycles. The molecule has 15 heteroatoms. The van der Waals surface area contributed by atoms with Gasteiger partial charge in [0.15, 0.2) is 0 Å². The van der Waals surface area contributed by atoms with Crippen molar-refractivity contribution in [2.75, 3.05) is 45.1 Å². The number of halogens is 3. The Morgan fingerprint density at radius 2 is 1.61 bits per heavy atom. The standard InChI is InChI=1S/C11H23N5O3.C8H7F3.C7H10BNO2/c12-3-6-16(7-4-13)10(18)2-1-9(14)11(19)15-5-8-17;1-6-2-4-7(5-3-6)8(9,10)11;1-9-7-5-3-2-4-6(7)8(10)11/h8-9H,1-7,12-14H2,(H,15,19);2-5H,1H3;2-5,9-11H,1H3. The van der Waals surface area contributed by atoms with Crippen LogP contribution in [0.3, 0.4) is 0 Å². The summed E-state index contributed by atoms with van der Waals surface area (Å²) in [6, 6.07) is 11.3. The van der Waals surface area contributed by atoms with Crippen molar-refractivity contribution in [1.29, 1.82) is 0 Å². The zero-order chi connectivity index (χ0) is 31.4. The number of aryl methyl sites for hydroxylation is 1. The summed E-state index contributed by atoms with van der Waals surface area (Å²) in [5.74, 6) is -0.571. The summed E-state index contributed by atoms with van der Waals surface area (Å²) in [6.07, 6.45) is -3.28. The van der Waals surface area contributed by atoms with Crippen LogP contribution in [0.15, 0.2) is 48.5 Å². The predicted octanol–water partition coefficient (Wildman–Crippen LogP) is -0.423. The minimum Gasteiger partial charge on any atom is -0.423 e. The third kappa shape index (κ3) is 15.8. The van der Waals surface area contributed by atoms with Gasteiger partial charge in [-0.15, -0.1) is 0 Å². The summed E-state index contributed by atoms with van der Waals surface area (Å²) < 4.78 is 35.8. The second-order valence-corrected chi connectivity index (χ2v) is 8.59. The van der Waals surface area contributed by atoms with Crippen LogP contribution in [0.1, 0.15) is 24.0 Å². The Morgan fingerprint density at radius 1 is 1.05 bits per heavy atom. The topological polar surface area (TPSA) is 197 Å². The second-order valence-electron chi connectivity index (χ2n) is 8.59. The van der Waals surface area contributed by atoms with Crippen molar-refractivity contribution in [2.24, 2.45) is 17.2 Å². The van der Waals surface area contributed by atoms with Crippen molar-refractivity contribution < 1.29 is 37.6 Å². The van der Waals surface area contributed by atoms with Gasteiger partial charge in [-0.05, 0) is 31.5 Å². The molecule has 2 amide bonds. The molecule has 0 saturated carbocycles. The van der Waals surface area contributed by atoms with Crippen LogP contribution in [-0.2, 0) is 20.6 Å². The molecular formula is C26H40BF3N6O5. The molecule has 0 fully saturated rings. The Labute approximate surface area is 238 Å². The number of hydrogen-bond acceptors (Lipinski definition) is 9. The largest absolute Gasteiger partial charge is 0.490 e. The van der Waals surface area contributed by atoms with Gasteiger partial charge in [-0.2, -0.15) is 13.2 Å². The Kier molecular flexibility index (Phi) is 18.7. The second kappa shape index (κ2) is 20.4. The van der Waals surface area contributed by atoms with E-state index in [4.69, 9.17) is 27.2 Å². The SMILES string of the molecule is CNc1ccccc1B(O)O.Cc1ccc(C(F)(F)F)cc1.NCCN(CCN)C(=O)CCC(N)C(=O)NCC=O. The highest BCUT2D eigenvalue weighted by atomic mass is 19.4. The van der Waals surface area contributed by atoms with Crippen LogP contribution >= 0.6 is 0 Å². The number of alkyl halides is 3. The number of para-hydroxylation sites is 1. The van der Waals surface area contributed by atoms with E-state index in [0.717, 1.165) is 23.4 Å². The van der Waals surface area contributed by atoms with Crippen molar-refractivity contribution in [1.82, 2.24) is 10.2 Å². The molecule has 0 bridgehead atoms. The molecule has 0 radical (unpaired) electrons. The lowest BCUT2D eigenvalue weighted by Crippen LogP contribution is -2.43. The molecule has 11 nitrogen and oxygen atoms in total. The normalized spacial score (nSPS) is 11.1. The van der Waals surface area contributed by atoms with E-state index < -0.39 is 30.8 Å². The Bertz CT molecular complexity index is 1040. The Balaban J connectivity index is 0.000000621. The zero-order valence-corrected chi connectivity index (χ0v) is 23.2. The number of aldehydes is 1. The van der Waals surface area contributed by atoms with Crippen molar-refractivity contribution >= 4 is 36.4 Å². The van der Waals surface area contributed by atoms with Gasteiger partial charge >= 0.3 is 13.3 Å². The number of amides is 2. The third-order valence-electron chi connectivity index (χ3n) is 5.40. The lowest BCUT2D eigenvalue weighted by molar-refractivity contribution is -0.137. The molecule has 0 aliphatic heterocycles. The maximum atomic E-state index is 11.9. The first-order valence-corrected chi connectivity index (χ1v) is 12.7. The van der Waals surface area contributed by atoms with E-state index in [2.05, 4.69) is 10.6 Å². The molecule has 0 aromatic heterocycles. The maximum absolute atomic E-state index is 11.9. The number of nitrogens with two attached hydrogens (primary N) is 3. The van der Waals surface area contributed by atoms with Crippen molar-refractivity contribution in [3.63, 3.8) is 0 Å². The lowest BCUT2D eigenvalue weighted by atomic mass is 9.79. The van der Waals surface area contributed by atoms with Gasteiger partial charge < -0.3 is 47.6 Å². The molecule has 0 heterocycles. The van der Waals surface area contributed by atoms with Crippen molar-refractivity contribution in [3.8, 4) is 0 Å². The minimum atomic E-state index is -4.21. The lowest BCUT2D eigenvalue weighted by Gasteiger charge is -2.21. The van der Waals surface area contributed by atoms with Gasteiger partial charge in [-0.3, -0.25) is 9.59 Å². The number of anilines is 1. The molecule has 228 valence electrons. The Hall–Kier alpha value is -3.50. The number of carbonyl (C=O) groups excluding carboxylic acids is 3. The predicted molar refractivity (Wildman–Crippen MR) is 153 cm³/mol. The fourth-order valence-electron chi connectivity index (χ4n) is 3.21. The van der Waals surface area contributed by atoms with Gasteiger partial charge in [0.2, 0.25) is 11.8 Å². The zero-order valence-electron chi connectivity index (χ0n) is 23.2. The van der Waals surface area contributed by atoms with E-state index in [1.807, 2.05) is 6.07 Å². The summed E-state index contributed by atoms with van der Waals surface area (Å²) in [5.41, 5.74) is 17.9. The van der Waals surface area contributed by atoms with Crippen LogP contribution in [0.2, 0.25) is 0 Å². The summed E-state index contributed by atoms with van der Waals surface area (Å²) in [7, 11) is 0.333. The van der Waals surface area contributed by atoms with Crippen molar-refractivity contribution in [3.05, 3.63) is 59.7 Å². The molecule has 41 heavy (non-hydrogen) atoms. The molecule has 2 aromatic rings. The molecule has 0 spiro atoms. The average Bonchev–Trinajstić information content (AvgIpc) is 2.94. The molecule has 0 aliphatic carbocycles. The summed E-state index contributed by atoms with van der Waals surface area (Å²) >= 11 is 0. The molecule has 1 unspecified atom stereocenters. The number of carbonyl (C=O) groups is 3. The first-order chi connectivity index (χ1) is 19.3. The van der Waals surface area contributed by atoms with Gasteiger partial charge in [0, 0.05) is 50.8 Å². The smallest absolute Gasteiger partial charge is 0.423 e. The fraction of sp³-hybridized carbons (Fsp3) is 0.423. The monoisotopic (exact) mass is 584 g/mol. The van der Waals surface area contributed by atoms with Gasteiger partial charge in [0.25, 0.3) is 0 Å². The van der Waals surface area contributed by atoms with E-state index in [0.29, 0.717) is 37.9 Å². The number of benzene rings is 2. The van der Waals surface area contributed by atoms with Crippen molar-refractivity contribution in [2.45, 2.75) is 32.0 Å². The maximum Gasteiger partial charge on any atom is 0.490 e. The molecule has 10 N–H and O–H groups in total. The van der Waals surface area contributed by atoms with E-state index in [1.165, 1.54) is 12.1 Å². The highest BCUT2D eigenvalue weighted by molar-refractivity contribution is 6.60. The Morgan fingerprint density at radius 3 is 2.05 bits per heavy atom. The van der Waals surface area contributed by atoms with Gasteiger partial charge in [-0.1, -0.05) is 35.9 Å². The number of rotatable bonds is 12. The van der Waals surface area contributed by atoms with E-state index in [9.17, 15) is 27.6 Å². The van der Waals surface area contributed by atoms with Crippen LogP contribution in [0.5, 0.6) is 0 Å². The van der Waals surface area contributed by atoms with Crippen LogP contribution in [0.4, 0.5) is 18.9 Å². The fourth-order valence-corrected chi connectivity index (χ4v) is 3.21. The van der Waals surface area contributed by atoms with Crippen LogP contribution in [0.25, 0.3) is 0 Å². The molecule has 2 rings (SSSR count). The minimum absolute atomic E-state index is 0.0764. The van der Waals surface area contributed by atoms with Crippen LogP contribution in [-0.4, -0.2) is 86.0 Å². The highest BCUT2D eigenvalue weighted by Crippen LogP contribution is 2.28. The average molecular weight is 584 g/mol. The van der Waals surface area contributed by atoms with Crippen LogP contribution < -0.4 is 33.3 Å². The first kappa shape index (κ1) is 37.5. The summed E-state index contributed by atoms with van der Waals surface area (Å²) in [4.78, 5) is 34.9. The first-order valence-electron chi connectivity index (χ1n) is 12.7. The molecule has 0 saturated heterocycles. The molecule has 1 atom stereocenters. The number of nitrogens with zero attached hydrogens (tertiary/aromatic N) is 1. The van der Waals surface area contributed by atoms with Gasteiger partial charge in [0.05, 0.1) is 18.2 Å². The summed E-state index contributed by atoms with van der Waals surface area (Å²) in [5, 5.41) is 22.9. The van der Waals surface area contributed by atoms with E-state index >= 15 is 0 Å². The van der Waals surface area contributed by atoms with Gasteiger partial charge in [-0.25, -0.2) is 0 Å². The van der Waals surface area contributed by atoms with Gasteiger partial charge in [0.1, 0.15) is 6.29 Å². The quantitative estimate of drug-likeness (QED) is 0.128. The van der Waals surface area contributed by atoms with Crippen LogP contribution in [0, 0.1) is 6.92 Å². The highest BCUT2D eigenvalue weighted by Gasteiger charge is 2.29. The molecular weight excluding hydrogens is 544 g/mol. The molecule has 0 aliphatic rings. The number of nitrogens with one attached hydrogen (secondary N) is 2. The van der Waals surface area contributed by atoms with E-state index in [1.54, 1.807) is 37.1 Å². The summed E-state index contributed by atoms with van der Waals surface area (Å²) in [6.45, 7) is 3.26. The third-order valence-corrected chi connectivity index (χ3v) is 5.40.